The summed E-state index contributed by atoms with van der Waals surface area (Å²) in [4.78, 5) is 5.98. The van der Waals surface area contributed by atoms with E-state index in [0.29, 0.717) is 0 Å². The van der Waals surface area contributed by atoms with Gasteiger partial charge >= 0.3 is 0 Å². The number of benzene rings is 1. The van der Waals surface area contributed by atoms with Gasteiger partial charge in [-0.1, -0.05) is 13.0 Å². The lowest BCUT2D eigenvalue weighted by atomic mass is 10.1. The minimum Gasteiger partial charge on any atom is -0.493 e. The molecule has 0 aliphatic carbocycles. The molecule has 0 unspecified atom stereocenters. The van der Waals surface area contributed by atoms with Crippen molar-refractivity contribution in [1.82, 2.24) is 10.3 Å². The summed E-state index contributed by atoms with van der Waals surface area (Å²) in [6.45, 7) is 6.05. The van der Waals surface area contributed by atoms with Crippen LogP contribution in [0.2, 0.25) is 0 Å². The van der Waals surface area contributed by atoms with Gasteiger partial charge in [-0.25, -0.2) is 4.98 Å². The van der Waals surface area contributed by atoms with Crippen LogP contribution < -0.4 is 14.8 Å². The summed E-state index contributed by atoms with van der Waals surface area (Å²) in [6.07, 6.45) is 0.817. The van der Waals surface area contributed by atoms with E-state index in [2.05, 4.69) is 30.2 Å². The predicted octanol–water partition coefficient (Wildman–Crippen LogP) is 3.17. The molecule has 0 amide bonds. The van der Waals surface area contributed by atoms with Gasteiger partial charge in [0.1, 0.15) is 0 Å². The fourth-order valence-electron chi connectivity index (χ4n) is 2.13. The van der Waals surface area contributed by atoms with Crippen molar-refractivity contribution in [3.63, 3.8) is 0 Å². The Kier molecular flexibility index (Phi) is 5.59. The Labute approximate surface area is 130 Å². The van der Waals surface area contributed by atoms with Crippen molar-refractivity contribution in [1.29, 1.82) is 0 Å². The maximum atomic E-state index is 5.34. The standard InChI is InChI=1S/C16H22N2O2S/c1-5-17-10-15-11(2)18-16(21-15)9-12-6-7-13(19-3)14(8-12)20-4/h6-8,17H,5,9-10H2,1-4H3. The minimum atomic E-state index is 0.754. The first-order valence-electron chi connectivity index (χ1n) is 7.04. The van der Waals surface area contributed by atoms with Gasteiger partial charge < -0.3 is 14.8 Å². The van der Waals surface area contributed by atoms with Crippen molar-refractivity contribution >= 4 is 11.3 Å². The van der Waals surface area contributed by atoms with E-state index in [4.69, 9.17) is 9.47 Å². The van der Waals surface area contributed by atoms with Crippen molar-refractivity contribution in [2.45, 2.75) is 26.8 Å². The number of nitrogens with one attached hydrogen (secondary N) is 1. The Bertz CT molecular complexity index is 596. The van der Waals surface area contributed by atoms with Gasteiger partial charge in [0.05, 0.1) is 24.9 Å². The maximum Gasteiger partial charge on any atom is 0.160 e. The van der Waals surface area contributed by atoms with Gasteiger partial charge in [0, 0.05) is 17.8 Å². The normalized spacial score (nSPS) is 10.7. The molecule has 2 aromatic rings. The summed E-state index contributed by atoms with van der Waals surface area (Å²) in [6, 6.07) is 6.01. The van der Waals surface area contributed by atoms with E-state index >= 15 is 0 Å². The second-order valence-electron chi connectivity index (χ2n) is 4.76. The van der Waals surface area contributed by atoms with Crippen LogP contribution in [0.3, 0.4) is 0 Å². The van der Waals surface area contributed by atoms with Crippen LogP contribution in [0.5, 0.6) is 11.5 Å². The number of thiazole rings is 1. The summed E-state index contributed by atoms with van der Waals surface area (Å²) < 4.78 is 10.6. The first-order chi connectivity index (χ1) is 10.2. The van der Waals surface area contributed by atoms with Gasteiger partial charge in [0.2, 0.25) is 0 Å². The van der Waals surface area contributed by atoms with Crippen molar-refractivity contribution in [3.8, 4) is 11.5 Å². The zero-order valence-corrected chi connectivity index (χ0v) is 13.8. The largest absolute Gasteiger partial charge is 0.493 e. The van der Waals surface area contributed by atoms with Crippen LogP contribution >= 0.6 is 11.3 Å². The third kappa shape index (κ3) is 3.95. The van der Waals surface area contributed by atoms with Crippen LogP contribution in [0.1, 0.15) is 28.1 Å². The predicted molar refractivity (Wildman–Crippen MR) is 86.6 cm³/mol. The first-order valence-corrected chi connectivity index (χ1v) is 7.86. The Morgan fingerprint density at radius 3 is 2.62 bits per heavy atom. The molecule has 1 N–H and O–H groups in total. The van der Waals surface area contributed by atoms with Gasteiger partial charge in [-0.2, -0.15) is 0 Å². The molecular formula is C16H22N2O2S. The summed E-state index contributed by atoms with van der Waals surface area (Å²) >= 11 is 1.77. The van der Waals surface area contributed by atoms with E-state index in [1.165, 1.54) is 10.4 Å². The smallest absolute Gasteiger partial charge is 0.160 e. The zero-order chi connectivity index (χ0) is 15.2. The van der Waals surface area contributed by atoms with Gasteiger partial charge in [0.15, 0.2) is 11.5 Å². The van der Waals surface area contributed by atoms with E-state index < -0.39 is 0 Å². The average molecular weight is 306 g/mol. The van der Waals surface area contributed by atoms with Crippen LogP contribution in [0.25, 0.3) is 0 Å². The average Bonchev–Trinajstić information content (AvgIpc) is 2.84. The van der Waals surface area contributed by atoms with E-state index in [9.17, 15) is 0 Å². The Balaban J connectivity index is 2.14. The lowest BCUT2D eigenvalue weighted by Crippen LogP contribution is -2.11. The molecule has 4 nitrogen and oxygen atoms in total. The van der Waals surface area contributed by atoms with Crippen molar-refractivity contribution in [2.24, 2.45) is 0 Å². The van der Waals surface area contributed by atoms with Crippen LogP contribution in [-0.4, -0.2) is 25.7 Å². The van der Waals surface area contributed by atoms with Crippen LogP contribution in [-0.2, 0) is 13.0 Å². The van der Waals surface area contributed by atoms with Crippen LogP contribution in [0.15, 0.2) is 18.2 Å². The van der Waals surface area contributed by atoms with Crippen LogP contribution in [0.4, 0.5) is 0 Å². The van der Waals surface area contributed by atoms with Gasteiger partial charge in [-0.3, -0.25) is 0 Å². The molecule has 0 spiro atoms. The number of aromatic nitrogens is 1. The molecule has 0 aliphatic heterocycles. The number of methoxy groups -OCH3 is 2. The molecule has 0 atom stereocenters. The zero-order valence-electron chi connectivity index (χ0n) is 13.0. The third-order valence-corrected chi connectivity index (χ3v) is 4.43. The summed E-state index contributed by atoms with van der Waals surface area (Å²) in [5.74, 6) is 1.51. The topological polar surface area (TPSA) is 43.4 Å². The Hall–Kier alpha value is -1.59. The Morgan fingerprint density at radius 1 is 1.19 bits per heavy atom. The fourth-order valence-corrected chi connectivity index (χ4v) is 3.21. The lowest BCUT2D eigenvalue weighted by molar-refractivity contribution is 0.354. The number of nitrogens with zero attached hydrogens (tertiary/aromatic N) is 1. The minimum absolute atomic E-state index is 0.754. The molecule has 1 aromatic heterocycles. The van der Waals surface area contributed by atoms with Crippen LogP contribution in [0, 0.1) is 6.92 Å². The van der Waals surface area contributed by atoms with Gasteiger partial charge in [-0.15, -0.1) is 11.3 Å². The van der Waals surface area contributed by atoms with Gasteiger partial charge in [0.25, 0.3) is 0 Å². The molecule has 0 bridgehead atoms. The maximum absolute atomic E-state index is 5.34. The van der Waals surface area contributed by atoms with Crippen molar-refractivity contribution in [2.75, 3.05) is 20.8 Å². The fraction of sp³-hybridized carbons (Fsp3) is 0.438. The Morgan fingerprint density at radius 2 is 1.95 bits per heavy atom. The van der Waals surface area contributed by atoms with Gasteiger partial charge in [-0.05, 0) is 31.2 Å². The monoisotopic (exact) mass is 306 g/mol. The van der Waals surface area contributed by atoms with E-state index in [-0.39, 0.29) is 0 Å². The molecule has 0 radical (unpaired) electrons. The first kappa shape index (κ1) is 15.8. The summed E-state index contributed by atoms with van der Waals surface area (Å²) in [5.41, 5.74) is 2.30. The molecule has 21 heavy (non-hydrogen) atoms. The number of hydrogen-bond acceptors (Lipinski definition) is 5. The highest BCUT2D eigenvalue weighted by atomic mass is 32.1. The summed E-state index contributed by atoms with van der Waals surface area (Å²) in [7, 11) is 3.30. The highest BCUT2D eigenvalue weighted by Crippen LogP contribution is 2.29. The molecule has 0 fully saturated rings. The molecule has 0 aliphatic rings. The highest BCUT2D eigenvalue weighted by molar-refractivity contribution is 7.11. The number of ether oxygens (including phenoxy) is 2. The third-order valence-electron chi connectivity index (χ3n) is 3.28. The van der Waals surface area contributed by atoms with E-state index in [1.54, 1.807) is 25.6 Å². The molecule has 5 heteroatoms. The van der Waals surface area contributed by atoms with Crippen molar-refractivity contribution in [3.05, 3.63) is 39.3 Å². The van der Waals surface area contributed by atoms with Crippen molar-refractivity contribution < 1.29 is 9.47 Å². The molecule has 1 aromatic carbocycles. The second kappa shape index (κ2) is 7.43. The molecular weight excluding hydrogens is 284 g/mol. The van der Waals surface area contributed by atoms with E-state index in [0.717, 1.165) is 41.7 Å². The quantitative estimate of drug-likeness (QED) is 0.853. The molecule has 0 saturated carbocycles. The highest BCUT2D eigenvalue weighted by Gasteiger charge is 2.10. The van der Waals surface area contributed by atoms with E-state index in [1.807, 2.05) is 12.1 Å². The summed E-state index contributed by atoms with van der Waals surface area (Å²) in [5, 5.41) is 4.48. The lowest BCUT2D eigenvalue weighted by Gasteiger charge is -2.08. The molecule has 1 heterocycles. The number of aryl methyl sites for hydroxylation is 1. The number of rotatable bonds is 7. The molecule has 114 valence electrons. The number of hydrogen-bond donors (Lipinski definition) is 1. The molecule has 0 saturated heterocycles. The molecule has 2 rings (SSSR count). The SMILES string of the molecule is CCNCc1sc(Cc2ccc(OC)c(OC)c2)nc1C. The second-order valence-corrected chi connectivity index (χ2v) is 5.93.